The molecule has 12 heavy (non-hydrogen) atoms. The molecule has 0 saturated carbocycles. The largest absolute Gasteiger partial charge is 0.516 e. The van der Waals surface area contributed by atoms with E-state index in [1.807, 2.05) is 0 Å². The van der Waals surface area contributed by atoms with Crippen LogP contribution in [0.1, 0.15) is 0 Å². The lowest BCUT2D eigenvalue weighted by Crippen LogP contribution is -1.84. The van der Waals surface area contributed by atoms with Crippen LogP contribution in [0.4, 0.5) is 5.69 Å². The molecule has 1 N–H and O–H groups in total. The van der Waals surface area contributed by atoms with Gasteiger partial charge in [-0.3, -0.25) is 10.1 Å². The fourth-order valence-corrected chi connectivity index (χ4v) is 0.550. The normalized spacial score (nSPS) is 7.67. The average Bonchev–Trinajstić information content (AvgIpc) is 2.07. The Bertz CT molecular complexity index is 246. The average molecular weight is 167 g/mol. The molecule has 0 atom stereocenters. The third-order valence-corrected chi connectivity index (χ3v) is 0.967. The topological polar surface area (TPSA) is 63.4 Å². The van der Waals surface area contributed by atoms with Crippen molar-refractivity contribution in [2.45, 2.75) is 0 Å². The monoisotopic (exact) mass is 167 g/mol. The Labute approximate surface area is 69.9 Å². The molecule has 0 aromatic heterocycles. The fourth-order valence-electron chi connectivity index (χ4n) is 0.550. The molecule has 0 aliphatic heterocycles. The zero-order valence-corrected chi connectivity index (χ0v) is 6.38. The van der Waals surface area contributed by atoms with E-state index in [4.69, 9.17) is 5.11 Å². The molecule has 0 fully saturated rings. The fraction of sp³-hybridized carbons (Fsp3) is 0. The Morgan fingerprint density at radius 3 is 2.08 bits per heavy atom. The van der Waals surface area contributed by atoms with Crippen LogP contribution in [-0.4, -0.2) is 10.0 Å². The van der Waals surface area contributed by atoms with Gasteiger partial charge in [-0.2, -0.15) is 0 Å². The molecule has 0 heterocycles. The number of nitro groups is 1. The zero-order valence-electron chi connectivity index (χ0n) is 6.38. The van der Waals surface area contributed by atoms with Crippen molar-refractivity contribution in [2.24, 2.45) is 0 Å². The Morgan fingerprint density at radius 1 is 1.42 bits per heavy atom. The predicted molar refractivity (Wildman–Crippen MR) is 45.9 cm³/mol. The third kappa shape index (κ3) is 4.05. The van der Waals surface area contributed by atoms with Gasteiger partial charge in [-0.1, -0.05) is 24.8 Å². The predicted octanol–water partition coefficient (Wildman–Crippen LogP) is 2.28. The van der Waals surface area contributed by atoms with Gasteiger partial charge in [0, 0.05) is 12.1 Å². The molecule has 1 rings (SSSR count). The molecule has 64 valence electrons. The number of non-ortho nitro benzene ring substituents is 1. The minimum absolute atomic E-state index is 0.137. The summed E-state index contributed by atoms with van der Waals surface area (Å²) in [5.74, 6) is 0. The Morgan fingerprint density at radius 2 is 1.83 bits per heavy atom. The number of hydrogen-bond donors (Lipinski definition) is 1. The number of benzene rings is 1. The molecule has 1 aromatic rings. The molecule has 1 aromatic carbocycles. The van der Waals surface area contributed by atoms with Crippen LogP contribution in [0, 0.1) is 10.1 Å². The highest BCUT2D eigenvalue weighted by Gasteiger charge is 1.98. The van der Waals surface area contributed by atoms with Crippen LogP contribution in [-0.2, 0) is 0 Å². The van der Waals surface area contributed by atoms with Gasteiger partial charge in [0.2, 0.25) is 0 Å². The van der Waals surface area contributed by atoms with Gasteiger partial charge >= 0.3 is 0 Å². The van der Waals surface area contributed by atoms with Crippen LogP contribution in [0.5, 0.6) is 0 Å². The highest BCUT2D eigenvalue weighted by atomic mass is 16.6. The highest BCUT2D eigenvalue weighted by Crippen LogP contribution is 2.06. The minimum atomic E-state index is -0.417. The molecule has 0 amide bonds. The van der Waals surface area contributed by atoms with Crippen LogP contribution in [0.25, 0.3) is 0 Å². The second-order valence-electron chi connectivity index (χ2n) is 1.78. The first-order chi connectivity index (χ1) is 5.72. The van der Waals surface area contributed by atoms with Gasteiger partial charge in [-0.25, -0.2) is 0 Å². The molecule has 0 aliphatic rings. The first-order valence-electron chi connectivity index (χ1n) is 3.17. The lowest BCUT2D eigenvalue weighted by molar-refractivity contribution is -0.384. The maximum atomic E-state index is 10.0. The van der Waals surface area contributed by atoms with Crippen LogP contribution in [0.2, 0.25) is 0 Å². The number of para-hydroxylation sites is 1. The number of aliphatic hydroxyl groups is 1. The van der Waals surface area contributed by atoms with Crippen molar-refractivity contribution in [3.63, 3.8) is 0 Å². The van der Waals surface area contributed by atoms with Crippen molar-refractivity contribution in [3.05, 3.63) is 53.3 Å². The number of aliphatic hydroxyl groups excluding tert-OH is 1. The maximum absolute atomic E-state index is 10.0. The summed E-state index contributed by atoms with van der Waals surface area (Å²) in [6.07, 6.45) is 0.750. The van der Waals surface area contributed by atoms with Gasteiger partial charge in [-0.05, 0) is 0 Å². The van der Waals surface area contributed by atoms with E-state index in [9.17, 15) is 10.1 Å². The summed E-state index contributed by atoms with van der Waals surface area (Å²) >= 11 is 0. The minimum Gasteiger partial charge on any atom is -0.516 e. The maximum Gasteiger partial charge on any atom is 0.269 e. The molecule has 0 spiro atoms. The Kier molecular flexibility index (Phi) is 5.00. The van der Waals surface area contributed by atoms with E-state index in [1.54, 1.807) is 18.2 Å². The van der Waals surface area contributed by atoms with E-state index < -0.39 is 4.92 Å². The van der Waals surface area contributed by atoms with Gasteiger partial charge in [0.15, 0.2) is 0 Å². The van der Waals surface area contributed by atoms with Crippen molar-refractivity contribution in [2.75, 3.05) is 0 Å². The molecule has 0 saturated heterocycles. The lowest BCUT2D eigenvalue weighted by Gasteiger charge is -1.85. The zero-order chi connectivity index (χ0) is 9.40. The summed E-state index contributed by atoms with van der Waals surface area (Å²) in [4.78, 5) is 9.59. The molecule has 0 radical (unpaired) electrons. The molecule has 0 bridgehead atoms. The molecule has 0 unspecified atom stereocenters. The van der Waals surface area contributed by atoms with Crippen LogP contribution >= 0.6 is 0 Å². The van der Waals surface area contributed by atoms with E-state index in [2.05, 4.69) is 6.58 Å². The molecular weight excluding hydrogens is 158 g/mol. The van der Waals surface area contributed by atoms with Crippen molar-refractivity contribution in [1.82, 2.24) is 0 Å². The number of nitro benzene ring substituents is 1. The smallest absolute Gasteiger partial charge is 0.269 e. The van der Waals surface area contributed by atoms with Gasteiger partial charge in [0.1, 0.15) is 0 Å². The number of hydrogen-bond acceptors (Lipinski definition) is 3. The van der Waals surface area contributed by atoms with E-state index in [-0.39, 0.29) is 5.69 Å². The van der Waals surface area contributed by atoms with E-state index in [1.165, 1.54) is 12.1 Å². The second-order valence-corrected chi connectivity index (χ2v) is 1.78. The standard InChI is InChI=1S/C6H5NO2.C2H4O/c8-7(9)6-4-2-1-3-5-6;1-2-3/h1-5H;2-3H,1H2. The Hall–Kier alpha value is -1.84. The summed E-state index contributed by atoms with van der Waals surface area (Å²) in [5.41, 5.74) is 0.137. The quantitative estimate of drug-likeness (QED) is 0.396. The first-order valence-corrected chi connectivity index (χ1v) is 3.17. The van der Waals surface area contributed by atoms with Crippen LogP contribution < -0.4 is 0 Å². The molecule has 0 aliphatic carbocycles. The Balaban J connectivity index is 0.000000354. The lowest BCUT2D eigenvalue weighted by atomic mass is 10.3. The summed E-state index contributed by atoms with van der Waals surface area (Å²) in [6, 6.07) is 7.93. The van der Waals surface area contributed by atoms with Gasteiger partial charge in [0.25, 0.3) is 5.69 Å². The SMILES string of the molecule is C=CO.O=[N+]([O-])c1ccccc1. The summed E-state index contributed by atoms with van der Waals surface area (Å²) in [5, 5.41) is 17.3. The van der Waals surface area contributed by atoms with E-state index >= 15 is 0 Å². The third-order valence-electron chi connectivity index (χ3n) is 0.967. The number of rotatable bonds is 1. The van der Waals surface area contributed by atoms with Crippen LogP contribution in [0.3, 0.4) is 0 Å². The summed E-state index contributed by atoms with van der Waals surface area (Å²) < 4.78 is 0. The molecular formula is C8H9NO3. The van der Waals surface area contributed by atoms with Crippen molar-refractivity contribution in [1.29, 1.82) is 0 Å². The number of nitrogens with zero attached hydrogens (tertiary/aromatic N) is 1. The van der Waals surface area contributed by atoms with Gasteiger partial charge in [0.05, 0.1) is 11.2 Å². The second kappa shape index (κ2) is 5.91. The molecule has 4 nitrogen and oxygen atoms in total. The van der Waals surface area contributed by atoms with Crippen molar-refractivity contribution >= 4 is 5.69 Å². The van der Waals surface area contributed by atoms with Crippen LogP contribution in [0.15, 0.2) is 43.2 Å². The molecule has 4 heteroatoms. The van der Waals surface area contributed by atoms with Gasteiger partial charge < -0.3 is 5.11 Å². The summed E-state index contributed by atoms with van der Waals surface area (Å²) in [7, 11) is 0. The van der Waals surface area contributed by atoms with Gasteiger partial charge in [-0.15, -0.1) is 0 Å². The highest BCUT2D eigenvalue weighted by molar-refractivity contribution is 5.27. The van der Waals surface area contributed by atoms with Crippen molar-refractivity contribution in [3.8, 4) is 0 Å². The van der Waals surface area contributed by atoms with Crippen molar-refractivity contribution < 1.29 is 10.0 Å². The van der Waals surface area contributed by atoms with E-state index in [0.717, 1.165) is 6.26 Å². The summed E-state index contributed by atoms with van der Waals surface area (Å²) in [6.45, 7) is 2.92. The first kappa shape index (κ1) is 10.2. The van der Waals surface area contributed by atoms with E-state index in [0.29, 0.717) is 0 Å².